The molecule has 6 aromatic carbocycles. The molecule has 314 valence electrons. The van der Waals surface area contributed by atoms with Gasteiger partial charge in [0.1, 0.15) is 15.5 Å². The third-order valence-electron chi connectivity index (χ3n) is 9.11. The highest BCUT2D eigenvalue weighted by molar-refractivity contribution is 7.91. The Balaban J connectivity index is 1.14. The molecule has 0 radical (unpaired) electrons. The van der Waals surface area contributed by atoms with Gasteiger partial charge in [-0.3, -0.25) is 34.0 Å². The van der Waals surface area contributed by atoms with Crippen molar-refractivity contribution < 1.29 is 48.6 Å². The van der Waals surface area contributed by atoms with Crippen molar-refractivity contribution in [1.82, 2.24) is 0 Å². The van der Waals surface area contributed by atoms with Gasteiger partial charge in [-0.2, -0.15) is 40.6 Å². The van der Waals surface area contributed by atoms with Crippen LogP contribution in [0.2, 0.25) is 0 Å². The summed E-state index contributed by atoms with van der Waals surface area (Å²) >= 11 is 0. The summed E-state index contributed by atoms with van der Waals surface area (Å²) in [7, 11) is -14.9. The zero-order valence-corrected chi connectivity index (χ0v) is 33.5. The molecule has 7 rings (SSSR count). The second-order valence-electron chi connectivity index (χ2n) is 13.1. The van der Waals surface area contributed by atoms with Gasteiger partial charge in [0.25, 0.3) is 36.0 Å². The van der Waals surface area contributed by atoms with Crippen molar-refractivity contribution in [3.8, 4) is 11.1 Å². The molecule has 6 aromatic rings. The van der Waals surface area contributed by atoms with E-state index in [2.05, 4.69) is 31.0 Å². The molecule has 1 aliphatic rings. The zero-order valence-electron chi connectivity index (χ0n) is 31.0. The summed E-state index contributed by atoms with van der Waals surface area (Å²) in [6.45, 7) is 0. The highest BCUT2D eigenvalue weighted by Crippen LogP contribution is 2.41. The van der Waals surface area contributed by atoms with Crippen LogP contribution in [0.3, 0.4) is 0 Å². The van der Waals surface area contributed by atoms with Crippen LogP contribution in [0.5, 0.6) is 0 Å². The third-order valence-corrected chi connectivity index (χ3v) is 11.7. The van der Waals surface area contributed by atoms with E-state index in [-0.39, 0.29) is 22.0 Å². The van der Waals surface area contributed by atoms with E-state index in [1.807, 2.05) is 0 Å². The first kappa shape index (κ1) is 42.5. The number of Topliss-reactive ketones (excluding diaryl/α,β-unsaturated/α-hetero) is 1. The molecule has 0 unspecified atom stereocenters. The standard InChI is InChI=1S/C38H27N9O12S3/c39-30-14-15-31(29-19-27(60(51,52)53)12-13-28(29)30)44-41-23-8-4-20(5-9-23)21-6-10-24(11-7-21)42-46-37-33(62(57,58)59)17-22-16-32(61(54,55)56)36(35(40)34(22)38(37)48)45-43-25-2-1-3-26(18-25)47(49)50/h1-19,42H,39-40H2,(H,51,52,53)(H,54,55,56)(H,57,58,59)/b44-41?,45-43?,46-37+. The first-order valence-corrected chi connectivity index (χ1v) is 21.6. The number of fused-ring (bicyclic) bond motifs is 2. The highest BCUT2D eigenvalue weighted by atomic mass is 32.2. The predicted octanol–water partition coefficient (Wildman–Crippen LogP) is 7.80. The number of hydrogen-bond donors (Lipinski definition) is 6. The van der Waals surface area contributed by atoms with Gasteiger partial charge < -0.3 is 11.5 Å². The largest absolute Gasteiger partial charge is 0.398 e. The summed E-state index contributed by atoms with van der Waals surface area (Å²) in [5.41, 5.74) is 13.8. The van der Waals surface area contributed by atoms with Gasteiger partial charge in [0.15, 0.2) is 5.71 Å². The molecule has 62 heavy (non-hydrogen) atoms. The summed E-state index contributed by atoms with van der Waals surface area (Å²) in [6, 6.07) is 25.7. The van der Waals surface area contributed by atoms with Gasteiger partial charge in [-0.1, -0.05) is 36.4 Å². The van der Waals surface area contributed by atoms with Gasteiger partial charge >= 0.3 is 0 Å². The summed E-state index contributed by atoms with van der Waals surface area (Å²) in [5, 5.41) is 32.0. The Kier molecular flexibility index (Phi) is 11.0. The molecule has 1 aliphatic carbocycles. The smallest absolute Gasteiger partial charge is 0.296 e. The van der Waals surface area contributed by atoms with Gasteiger partial charge in [-0.25, -0.2) is 0 Å². The normalized spacial score (nSPS) is 14.1. The van der Waals surface area contributed by atoms with Gasteiger partial charge in [0.05, 0.1) is 43.8 Å². The Morgan fingerprint density at radius 2 is 1.32 bits per heavy atom. The number of hydrogen-bond acceptors (Lipinski definition) is 17. The molecular formula is C38H27N9O12S3. The second kappa shape index (κ2) is 16.1. The van der Waals surface area contributed by atoms with Crippen LogP contribution in [0.25, 0.3) is 28.0 Å². The van der Waals surface area contributed by atoms with Crippen LogP contribution in [-0.4, -0.2) is 55.3 Å². The van der Waals surface area contributed by atoms with Crippen molar-refractivity contribution in [2.45, 2.75) is 9.79 Å². The first-order chi connectivity index (χ1) is 29.2. The number of carbonyl (C=O) groups excluding carboxylic acids is 1. The number of nitrogens with one attached hydrogen (secondary N) is 1. The number of ketones is 1. The number of nitrogens with two attached hydrogens (primary N) is 2. The number of nitro groups is 1. The average Bonchev–Trinajstić information content (AvgIpc) is 3.22. The van der Waals surface area contributed by atoms with E-state index in [1.165, 1.54) is 42.5 Å². The molecular weight excluding hydrogens is 871 g/mol. The van der Waals surface area contributed by atoms with Crippen LogP contribution < -0.4 is 16.9 Å². The van der Waals surface area contributed by atoms with E-state index in [1.54, 1.807) is 48.5 Å². The minimum atomic E-state index is -5.20. The Bertz CT molecular complexity index is 3360. The fourth-order valence-electron chi connectivity index (χ4n) is 6.15. The Morgan fingerprint density at radius 1 is 0.661 bits per heavy atom. The topological polar surface area (TPSA) is 349 Å². The van der Waals surface area contributed by atoms with Crippen molar-refractivity contribution in [2.24, 2.45) is 25.6 Å². The molecule has 8 N–H and O–H groups in total. The molecule has 0 spiro atoms. The van der Waals surface area contributed by atoms with Crippen molar-refractivity contribution in [1.29, 1.82) is 0 Å². The van der Waals surface area contributed by atoms with Crippen molar-refractivity contribution in [3.05, 3.63) is 135 Å². The molecule has 24 heteroatoms. The van der Waals surface area contributed by atoms with E-state index < -0.39 is 79.1 Å². The lowest BCUT2D eigenvalue weighted by Crippen LogP contribution is -2.28. The van der Waals surface area contributed by atoms with Crippen LogP contribution in [0.1, 0.15) is 15.9 Å². The van der Waals surface area contributed by atoms with Crippen molar-refractivity contribution in [3.63, 3.8) is 0 Å². The lowest BCUT2D eigenvalue weighted by atomic mass is 9.92. The SMILES string of the molecule is Nc1c(N=Nc2cccc([N+](=O)[O-])c2)c(S(=O)(=O)O)cc2c1C(=O)/C(=N/Nc1ccc(-c3ccc(N=Nc4ccc(N)c5ccc(S(=O)(=O)O)cc45)cc3)cc1)C(S(=O)(=O)O)=C2. The third kappa shape index (κ3) is 8.80. The first-order valence-electron chi connectivity index (χ1n) is 17.3. The predicted molar refractivity (Wildman–Crippen MR) is 227 cm³/mol. The van der Waals surface area contributed by atoms with Crippen LogP contribution in [-0.2, 0) is 30.4 Å². The molecule has 21 nitrogen and oxygen atoms in total. The van der Waals surface area contributed by atoms with Crippen LogP contribution in [0.4, 0.5) is 45.5 Å². The van der Waals surface area contributed by atoms with E-state index in [0.717, 1.165) is 23.8 Å². The minimum absolute atomic E-state index is 0.124. The second-order valence-corrected chi connectivity index (χ2v) is 17.3. The monoisotopic (exact) mass is 897 g/mol. The molecule has 0 amide bonds. The number of hydrazone groups is 1. The van der Waals surface area contributed by atoms with Crippen LogP contribution in [0, 0.1) is 10.1 Å². The van der Waals surface area contributed by atoms with Gasteiger partial charge in [-0.15, -0.1) is 10.2 Å². The van der Waals surface area contributed by atoms with E-state index in [0.29, 0.717) is 39.5 Å². The Labute approximate surface area is 350 Å². The molecule has 0 bridgehead atoms. The summed E-state index contributed by atoms with van der Waals surface area (Å²) in [5.74, 6) is -1.20. The Morgan fingerprint density at radius 3 is 1.95 bits per heavy atom. The summed E-state index contributed by atoms with van der Waals surface area (Å²) < 4.78 is 103. The number of nitrogen functional groups attached to an aromatic ring is 2. The molecule has 0 saturated heterocycles. The van der Waals surface area contributed by atoms with Gasteiger partial charge in [0.2, 0.25) is 5.78 Å². The quantitative estimate of drug-likeness (QED) is 0.0237. The zero-order chi connectivity index (χ0) is 44.7. The maximum atomic E-state index is 13.9. The van der Waals surface area contributed by atoms with E-state index in [9.17, 15) is 53.8 Å². The maximum absolute atomic E-state index is 13.9. The molecule has 0 heterocycles. The molecule has 0 aromatic heterocycles. The van der Waals surface area contributed by atoms with Crippen molar-refractivity contribution in [2.75, 3.05) is 16.9 Å². The van der Waals surface area contributed by atoms with E-state index in [4.69, 9.17) is 11.5 Å². The molecule has 0 fully saturated rings. The van der Waals surface area contributed by atoms with E-state index >= 15 is 0 Å². The fourth-order valence-corrected chi connectivity index (χ4v) is 7.98. The number of carbonyl (C=O) groups is 1. The number of nitrogens with zero attached hydrogens (tertiary/aromatic N) is 6. The summed E-state index contributed by atoms with van der Waals surface area (Å²) in [4.78, 5) is 22.0. The lowest BCUT2D eigenvalue weighted by molar-refractivity contribution is -0.384. The maximum Gasteiger partial charge on any atom is 0.296 e. The number of azo groups is 2. The average molecular weight is 898 g/mol. The number of rotatable bonds is 11. The van der Waals surface area contributed by atoms with Gasteiger partial charge in [0, 0.05) is 28.6 Å². The number of anilines is 3. The Hall–Kier alpha value is -7.61. The lowest BCUT2D eigenvalue weighted by Gasteiger charge is -2.20. The highest BCUT2D eigenvalue weighted by Gasteiger charge is 2.37. The molecule has 0 aliphatic heterocycles. The number of non-ortho nitro benzene ring substituents is 1. The number of allylic oxidation sites excluding steroid dienone is 1. The molecule has 0 saturated carbocycles. The van der Waals surface area contributed by atoms with Crippen LogP contribution >= 0.6 is 0 Å². The fraction of sp³-hybridized carbons (Fsp3) is 0. The minimum Gasteiger partial charge on any atom is -0.398 e. The van der Waals surface area contributed by atoms with Crippen LogP contribution in [0.15, 0.2) is 149 Å². The van der Waals surface area contributed by atoms with Crippen molar-refractivity contribution >= 4 is 104 Å². The summed E-state index contributed by atoms with van der Waals surface area (Å²) in [6.07, 6.45) is 0.725. The number of nitro benzene ring substituents is 1. The molecule has 0 atom stereocenters. The number of benzene rings is 6. The van der Waals surface area contributed by atoms with Gasteiger partial charge in [-0.05, 0) is 83.4 Å².